The van der Waals surface area contributed by atoms with Gasteiger partial charge in [-0.2, -0.15) is 0 Å². The summed E-state index contributed by atoms with van der Waals surface area (Å²) in [6.07, 6.45) is 11.7. The molecular formula is C25H28Cl2N2O2. The highest BCUT2D eigenvalue weighted by Crippen LogP contribution is 2.11. The number of nitrogens with one attached hydrogen (secondary N) is 2. The van der Waals surface area contributed by atoms with Crippen molar-refractivity contribution in [3.05, 3.63) is 81.9 Å². The minimum Gasteiger partial charge on any atom is -0.353 e. The third-order valence-electron chi connectivity index (χ3n) is 4.55. The standard InChI is InChI=1S/C25H28Cl2N2O2/c26-22-12-6-20(7-13-22)10-16-24(30)28-18-4-2-1-3-5-19-29-25(31)17-11-21-8-14-23(27)15-9-21/h6-17H,1-5,18-19H2,(H,28,30)(H,29,31). The third-order valence-corrected chi connectivity index (χ3v) is 5.05. The van der Waals surface area contributed by atoms with Crippen molar-refractivity contribution in [1.29, 1.82) is 0 Å². The van der Waals surface area contributed by atoms with Crippen molar-refractivity contribution in [3.63, 3.8) is 0 Å². The van der Waals surface area contributed by atoms with E-state index < -0.39 is 0 Å². The zero-order chi connectivity index (χ0) is 22.3. The third kappa shape index (κ3) is 11.4. The SMILES string of the molecule is O=C(C=Cc1ccc(Cl)cc1)NCCCCCCCNC(=O)C=Cc1ccc(Cl)cc1. The van der Waals surface area contributed by atoms with Gasteiger partial charge >= 0.3 is 0 Å². The summed E-state index contributed by atoms with van der Waals surface area (Å²) in [6, 6.07) is 14.6. The highest BCUT2D eigenvalue weighted by atomic mass is 35.5. The van der Waals surface area contributed by atoms with Crippen LogP contribution in [0.1, 0.15) is 43.2 Å². The van der Waals surface area contributed by atoms with Crippen molar-refractivity contribution < 1.29 is 9.59 Å². The molecule has 0 radical (unpaired) electrons. The number of carbonyl (C=O) groups is 2. The van der Waals surface area contributed by atoms with E-state index in [4.69, 9.17) is 23.2 Å². The van der Waals surface area contributed by atoms with E-state index in [1.54, 1.807) is 36.4 Å². The average molecular weight is 459 g/mol. The molecule has 2 amide bonds. The molecule has 31 heavy (non-hydrogen) atoms. The van der Waals surface area contributed by atoms with E-state index in [0.29, 0.717) is 23.1 Å². The molecule has 2 aromatic carbocycles. The number of amides is 2. The Morgan fingerprint density at radius 3 is 1.35 bits per heavy atom. The monoisotopic (exact) mass is 458 g/mol. The second-order valence-electron chi connectivity index (χ2n) is 7.12. The molecule has 0 fully saturated rings. The summed E-state index contributed by atoms with van der Waals surface area (Å²) in [5, 5.41) is 7.13. The summed E-state index contributed by atoms with van der Waals surface area (Å²) in [5.41, 5.74) is 1.87. The van der Waals surface area contributed by atoms with Gasteiger partial charge in [0.2, 0.25) is 11.8 Å². The second kappa shape index (κ2) is 14.4. The molecule has 0 aliphatic rings. The molecule has 0 saturated heterocycles. The van der Waals surface area contributed by atoms with Gasteiger partial charge in [0.15, 0.2) is 0 Å². The Bertz CT molecular complexity index is 802. The van der Waals surface area contributed by atoms with Crippen LogP contribution in [-0.4, -0.2) is 24.9 Å². The molecule has 0 spiro atoms. The van der Waals surface area contributed by atoms with Crippen molar-refractivity contribution >= 4 is 47.2 Å². The predicted octanol–water partition coefficient (Wildman–Crippen LogP) is 5.90. The van der Waals surface area contributed by atoms with Gasteiger partial charge in [-0.1, -0.05) is 66.7 Å². The van der Waals surface area contributed by atoms with Gasteiger partial charge < -0.3 is 10.6 Å². The maximum atomic E-state index is 11.8. The first kappa shape index (κ1) is 24.7. The molecule has 0 aliphatic heterocycles. The topological polar surface area (TPSA) is 58.2 Å². The van der Waals surface area contributed by atoms with Crippen molar-refractivity contribution in [1.82, 2.24) is 10.6 Å². The molecule has 0 aromatic heterocycles. The normalized spacial score (nSPS) is 11.2. The van der Waals surface area contributed by atoms with Crippen molar-refractivity contribution in [2.24, 2.45) is 0 Å². The molecule has 0 bridgehead atoms. The van der Waals surface area contributed by atoms with E-state index >= 15 is 0 Å². The van der Waals surface area contributed by atoms with Gasteiger partial charge in [-0.05, 0) is 60.4 Å². The molecule has 6 heteroatoms. The molecule has 0 heterocycles. The number of benzene rings is 2. The first-order chi connectivity index (χ1) is 15.0. The van der Waals surface area contributed by atoms with Crippen molar-refractivity contribution in [2.45, 2.75) is 32.1 Å². The summed E-state index contributed by atoms with van der Waals surface area (Å²) < 4.78 is 0. The quantitative estimate of drug-likeness (QED) is 0.307. The molecule has 0 unspecified atom stereocenters. The van der Waals surface area contributed by atoms with E-state index in [-0.39, 0.29) is 11.8 Å². The Hall–Kier alpha value is -2.56. The molecule has 4 nitrogen and oxygen atoms in total. The number of unbranched alkanes of at least 4 members (excludes halogenated alkanes) is 4. The van der Waals surface area contributed by atoms with Crippen LogP contribution < -0.4 is 10.6 Å². The first-order valence-corrected chi connectivity index (χ1v) is 11.2. The number of hydrogen-bond donors (Lipinski definition) is 2. The van der Waals surface area contributed by atoms with Gasteiger partial charge in [0.1, 0.15) is 0 Å². The molecule has 2 aromatic rings. The maximum absolute atomic E-state index is 11.8. The molecule has 0 saturated carbocycles. The average Bonchev–Trinajstić information content (AvgIpc) is 2.77. The predicted molar refractivity (Wildman–Crippen MR) is 130 cm³/mol. The van der Waals surface area contributed by atoms with E-state index in [0.717, 1.165) is 43.2 Å². The summed E-state index contributed by atoms with van der Waals surface area (Å²) in [4.78, 5) is 23.6. The Kier molecular flexibility index (Phi) is 11.5. The Balaban J connectivity index is 1.45. The second-order valence-corrected chi connectivity index (χ2v) is 7.99. The van der Waals surface area contributed by atoms with Gasteiger partial charge in [-0.3, -0.25) is 9.59 Å². The lowest BCUT2D eigenvalue weighted by molar-refractivity contribution is -0.117. The van der Waals surface area contributed by atoms with Crippen molar-refractivity contribution in [3.8, 4) is 0 Å². The molecular weight excluding hydrogens is 431 g/mol. The van der Waals surface area contributed by atoms with E-state index in [1.165, 1.54) is 12.2 Å². The number of halogens is 2. The molecule has 2 rings (SSSR count). The van der Waals surface area contributed by atoms with Crippen LogP contribution in [-0.2, 0) is 9.59 Å². The van der Waals surface area contributed by atoms with E-state index in [2.05, 4.69) is 10.6 Å². The summed E-state index contributed by atoms with van der Waals surface area (Å²) in [7, 11) is 0. The fourth-order valence-electron chi connectivity index (χ4n) is 2.81. The fraction of sp³-hybridized carbons (Fsp3) is 0.280. The first-order valence-electron chi connectivity index (χ1n) is 10.5. The largest absolute Gasteiger partial charge is 0.353 e. The lowest BCUT2D eigenvalue weighted by Gasteiger charge is -2.04. The summed E-state index contributed by atoms with van der Waals surface area (Å²) >= 11 is 11.7. The van der Waals surface area contributed by atoms with Gasteiger partial charge in [0.25, 0.3) is 0 Å². The van der Waals surface area contributed by atoms with Crippen LogP contribution in [0.25, 0.3) is 12.2 Å². The number of carbonyl (C=O) groups excluding carboxylic acids is 2. The van der Waals surface area contributed by atoms with Crippen LogP contribution in [0.4, 0.5) is 0 Å². The van der Waals surface area contributed by atoms with E-state index in [9.17, 15) is 9.59 Å². The molecule has 0 atom stereocenters. The smallest absolute Gasteiger partial charge is 0.243 e. The summed E-state index contributed by atoms with van der Waals surface area (Å²) in [5.74, 6) is -0.186. The van der Waals surface area contributed by atoms with Crippen LogP contribution in [0, 0.1) is 0 Å². The van der Waals surface area contributed by atoms with Gasteiger partial charge in [0.05, 0.1) is 0 Å². The highest BCUT2D eigenvalue weighted by Gasteiger charge is 1.98. The number of hydrogen-bond acceptors (Lipinski definition) is 2. The lowest BCUT2D eigenvalue weighted by atomic mass is 10.1. The molecule has 0 aliphatic carbocycles. The fourth-order valence-corrected chi connectivity index (χ4v) is 3.06. The lowest BCUT2D eigenvalue weighted by Crippen LogP contribution is -2.22. The Labute approximate surface area is 194 Å². The zero-order valence-corrected chi connectivity index (χ0v) is 19.0. The van der Waals surface area contributed by atoms with Gasteiger partial charge in [-0.15, -0.1) is 0 Å². The van der Waals surface area contributed by atoms with Gasteiger partial charge in [0, 0.05) is 35.3 Å². The van der Waals surface area contributed by atoms with Crippen LogP contribution in [0.5, 0.6) is 0 Å². The Morgan fingerprint density at radius 2 is 0.968 bits per heavy atom. The van der Waals surface area contributed by atoms with E-state index in [1.807, 2.05) is 24.3 Å². The minimum atomic E-state index is -0.0932. The Morgan fingerprint density at radius 1 is 0.613 bits per heavy atom. The highest BCUT2D eigenvalue weighted by molar-refractivity contribution is 6.30. The van der Waals surface area contributed by atoms with Crippen molar-refractivity contribution in [2.75, 3.05) is 13.1 Å². The van der Waals surface area contributed by atoms with Crippen LogP contribution in [0.2, 0.25) is 10.0 Å². The van der Waals surface area contributed by atoms with Crippen LogP contribution >= 0.6 is 23.2 Å². The van der Waals surface area contributed by atoms with Gasteiger partial charge in [-0.25, -0.2) is 0 Å². The zero-order valence-electron chi connectivity index (χ0n) is 17.5. The molecule has 2 N–H and O–H groups in total. The minimum absolute atomic E-state index is 0.0932. The van der Waals surface area contributed by atoms with Crippen LogP contribution in [0.3, 0.4) is 0 Å². The summed E-state index contributed by atoms with van der Waals surface area (Å²) in [6.45, 7) is 1.33. The van der Waals surface area contributed by atoms with Crippen LogP contribution in [0.15, 0.2) is 60.7 Å². The maximum Gasteiger partial charge on any atom is 0.243 e. The number of rotatable bonds is 12. The molecule has 164 valence electrons.